The topological polar surface area (TPSA) is 45.5 Å². The zero-order chi connectivity index (χ0) is 12.8. The third kappa shape index (κ3) is 3.60. The van der Waals surface area contributed by atoms with Crippen molar-refractivity contribution in [1.82, 2.24) is 10.2 Å². The SMILES string of the molecule is CCN(Cc1ccco1)C(=O)CC1CCCNC1. The average Bonchev–Trinajstić information content (AvgIpc) is 2.90. The zero-order valence-electron chi connectivity index (χ0n) is 11.0. The summed E-state index contributed by atoms with van der Waals surface area (Å²) >= 11 is 0. The molecule has 1 aromatic heterocycles. The highest BCUT2D eigenvalue weighted by molar-refractivity contribution is 5.76. The summed E-state index contributed by atoms with van der Waals surface area (Å²) < 4.78 is 5.30. The van der Waals surface area contributed by atoms with E-state index in [2.05, 4.69) is 5.32 Å². The normalized spacial score (nSPS) is 19.7. The number of nitrogens with one attached hydrogen (secondary N) is 1. The second kappa shape index (κ2) is 6.59. The van der Waals surface area contributed by atoms with E-state index in [0.29, 0.717) is 18.9 Å². The molecule has 0 aromatic carbocycles. The van der Waals surface area contributed by atoms with Crippen molar-refractivity contribution in [3.8, 4) is 0 Å². The summed E-state index contributed by atoms with van der Waals surface area (Å²) in [6, 6.07) is 3.77. The lowest BCUT2D eigenvalue weighted by Gasteiger charge is -2.26. The monoisotopic (exact) mass is 250 g/mol. The van der Waals surface area contributed by atoms with Gasteiger partial charge in [-0.2, -0.15) is 0 Å². The molecule has 1 fully saturated rings. The first-order valence-electron chi connectivity index (χ1n) is 6.80. The first-order chi connectivity index (χ1) is 8.79. The standard InChI is InChI=1S/C14H22N2O2/c1-2-16(11-13-6-4-8-18-13)14(17)9-12-5-3-7-15-10-12/h4,6,8,12,15H,2-3,5,7,9-11H2,1H3. The van der Waals surface area contributed by atoms with Gasteiger partial charge in [0, 0.05) is 13.0 Å². The van der Waals surface area contributed by atoms with Gasteiger partial charge in [0.1, 0.15) is 5.76 Å². The molecule has 0 spiro atoms. The molecule has 2 heterocycles. The van der Waals surface area contributed by atoms with Crippen LogP contribution in [0.5, 0.6) is 0 Å². The van der Waals surface area contributed by atoms with E-state index in [0.717, 1.165) is 31.8 Å². The van der Waals surface area contributed by atoms with Gasteiger partial charge in [0.05, 0.1) is 12.8 Å². The fourth-order valence-corrected chi connectivity index (χ4v) is 2.44. The van der Waals surface area contributed by atoms with Gasteiger partial charge in [0.15, 0.2) is 0 Å². The van der Waals surface area contributed by atoms with Gasteiger partial charge in [0.25, 0.3) is 0 Å². The summed E-state index contributed by atoms with van der Waals surface area (Å²) in [5, 5.41) is 3.35. The summed E-state index contributed by atoms with van der Waals surface area (Å²) in [6.45, 7) is 5.40. The Labute approximate surface area is 108 Å². The van der Waals surface area contributed by atoms with Crippen LogP contribution in [0.4, 0.5) is 0 Å². The van der Waals surface area contributed by atoms with E-state index in [1.165, 1.54) is 6.42 Å². The van der Waals surface area contributed by atoms with Crippen molar-refractivity contribution in [3.63, 3.8) is 0 Å². The van der Waals surface area contributed by atoms with Crippen molar-refractivity contribution in [2.45, 2.75) is 32.7 Å². The van der Waals surface area contributed by atoms with E-state index in [1.807, 2.05) is 24.0 Å². The predicted octanol–water partition coefficient (Wildman–Crippen LogP) is 2.02. The molecule has 1 unspecified atom stereocenters. The minimum Gasteiger partial charge on any atom is -0.467 e. The second-order valence-electron chi connectivity index (χ2n) is 4.90. The van der Waals surface area contributed by atoms with E-state index in [9.17, 15) is 4.79 Å². The Kier molecular flexibility index (Phi) is 4.81. The zero-order valence-corrected chi connectivity index (χ0v) is 11.0. The molecule has 0 aliphatic carbocycles. The molecule has 1 aliphatic heterocycles. The maximum absolute atomic E-state index is 12.2. The molecule has 1 N–H and O–H groups in total. The van der Waals surface area contributed by atoms with E-state index >= 15 is 0 Å². The van der Waals surface area contributed by atoms with Crippen LogP contribution in [0, 0.1) is 5.92 Å². The van der Waals surface area contributed by atoms with Gasteiger partial charge in [0.2, 0.25) is 5.91 Å². The highest BCUT2D eigenvalue weighted by Crippen LogP contribution is 2.16. The second-order valence-corrected chi connectivity index (χ2v) is 4.90. The van der Waals surface area contributed by atoms with Crippen LogP contribution in [-0.4, -0.2) is 30.4 Å². The lowest BCUT2D eigenvalue weighted by Crippen LogP contribution is -2.36. The Balaban J connectivity index is 1.84. The summed E-state index contributed by atoms with van der Waals surface area (Å²) in [7, 11) is 0. The number of amides is 1. The predicted molar refractivity (Wildman–Crippen MR) is 70.0 cm³/mol. The summed E-state index contributed by atoms with van der Waals surface area (Å²) in [4.78, 5) is 14.1. The third-order valence-electron chi connectivity index (χ3n) is 3.52. The summed E-state index contributed by atoms with van der Waals surface area (Å²) in [5.74, 6) is 1.59. The minimum atomic E-state index is 0.239. The highest BCUT2D eigenvalue weighted by Gasteiger charge is 2.20. The summed E-state index contributed by atoms with van der Waals surface area (Å²) in [6.07, 6.45) is 4.65. The first kappa shape index (κ1) is 13.1. The number of piperidine rings is 1. The van der Waals surface area contributed by atoms with Gasteiger partial charge in [-0.05, 0) is 50.9 Å². The van der Waals surface area contributed by atoms with E-state index < -0.39 is 0 Å². The van der Waals surface area contributed by atoms with Crippen LogP contribution in [0.25, 0.3) is 0 Å². The third-order valence-corrected chi connectivity index (χ3v) is 3.52. The van der Waals surface area contributed by atoms with Crippen LogP contribution in [-0.2, 0) is 11.3 Å². The Morgan fingerprint density at radius 1 is 1.61 bits per heavy atom. The van der Waals surface area contributed by atoms with E-state index in [1.54, 1.807) is 6.26 Å². The minimum absolute atomic E-state index is 0.239. The van der Waals surface area contributed by atoms with Crippen LogP contribution in [0.1, 0.15) is 31.9 Å². The Morgan fingerprint density at radius 3 is 3.11 bits per heavy atom. The molecule has 1 aliphatic rings. The maximum Gasteiger partial charge on any atom is 0.223 e. The van der Waals surface area contributed by atoms with Crippen LogP contribution >= 0.6 is 0 Å². The number of hydrogen-bond donors (Lipinski definition) is 1. The number of carbonyl (C=O) groups is 1. The molecule has 0 saturated carbocycles. The molecule has 100 valence electrons. The molecule has 0 radical (unpaired) electrons. The lowest BCUT2D eigenvalue weighted by molar-refractivity contribution is -0.133. The van der Waals surface area contributed by atoms with Gasteiger partial charge in [-0.15, -0.1) is 0 Å². The van der Waals surface area contributed by atoms with E-state index in [4.69, 9.17) is 4.42 Å². The molecule has 1 aromatic rings. The quantitative estimate of drug-likeness (QED) is 0.869. The molecule has 1 amide bonds. The van der Waals surface area contributed by atoms with Gasteiger partial charge in [-0.25, -0.2) is 0 Å². The van der Waals surface area contributed by atoms with Crippen molar-refractivity contribution in [3.05, 3.63) is 24.2 Å². The maximum atomic E-state index is 12.2. The van der Waals surface area contributed by atoms with Crippen LogP contribution in [0.2, 0.25) is 0 Å². The molecule has 18 heavy (non-hydrogen) atoms. The van der Waals surface area contributed by atoms with Gasteiger partial charge >= 0.3 is 0 Å². The van der Waals surface area contributed by atoms with Crippen molar-refractivity contribution in [2.75, 3.05) is 19.6 Å². The first-order valence-corrected chi connectivity index (χ1v) is 6.80. The smallest absolute Gasteiger partial charge is 0.223 e. The molecule has 4 heteroatoms. The van der Waals surface area contributed by atoms with Crippen LogP contribution < -0.4 is 5.32 Å². The van der Waals surface area contributed by atoms with Crippen molar-refractivity contribution in [2.24, 2.45) is 5.92 Å². The summed E-state index contributed by atoms with van der Waals surface area (Å²) in [5.41, 5.74) is 0. The van der Waals surface area contributed by atoms with Gasteiger partial charge < -0.3 is 14.6 Å². The van der Waals surface area contributed by atoms with Gasteiger partial charge in [-0.3, -0.25) is 4.79 Å². The highest BCUT2D eigenvalue weighted by atomic mass is 16.3. The molecule has 1 saturated heterocycles. The van der Waals surface area contributed by atoms with Crippen LogP contribution in [0.3, 0.4) is 0 Å². The van der Waals surface area contributed by atoms with Crippen molar-refractivity contribution >= 4 is 5.91 Å². The Morgan fingerprint density at radius 2 is 2.50 bits per heavy atom. The molecule has 4 nitrogen and oxygen atoms in total. The van der Waals surface area contributed by atoms with Crippen LogP contribution in [0.15, 0.2) is 22.8 Å². The number of furan rings is 1. The van der Waals surface area contributed by atoms with Gasteiger partial charge in [-0.1, -0.05) is 0 Å². The lowest BCUT2D eigenvalue weighted by atomic mass is 9.95. The Bertz CT molecular complexity index is 356. The molecule has 2 rings (SSSR count). The number of nitrogens with zero attached hydrogens (tertiary/aromatic N) is 1. The number of rotatable bonds is 5. The molecular formula is C14H22N2O2. The molecule has 1 atom stereocenters. The Hall–Kier alpha value is -1.29. The van der Waals surface area contributed by atoms with Crippen molar-refractivity contribution < 1.29 is 9.21 Å². The number of hydrogen-bond acceptors (Lipinski definition) is 3. The average molecular weight is 250 g/mol. The van der Waals surface area contributed by atoms with E-state index in [-0.39, 0.29) is 5.91 Å². The largest absolute Gasteiger partial charge is 0.467 e. The molecule has 0 bridgehead atoms. The fourth-order valence-electron chi connectivity index (χ4n) is 2.44. The fraction of sp³-hybridized carbons (Fsp3) is 0.643. The number of carbonyl (C=O) groups excluding carboxylic acids is 1. The van der Waals surface area contributed by atoms with Crippen molar-refractivity contribution in [1.29, 1.82) is 0 Å². The molecular weight excluding hydrogens is 228 g/mol.